The number of carbonyl (C=O) groups excluding carboxylic acids is 1. The van der Waals surface area contributed by atoms with Crippen molar-refractivity contribution in [3.63, 3.8) is 0 Å². The summed E-state index contributed by atoms with van der Waals surface area (Å²) in [5.41, 5.74) is -1.12. The lowest BCUT2D eigenvalue weighted by Gasteiger charge is -2.21. The fourth-order valence-electron chi connectivity index (χ4n) is 1.45. The summed E-state index contributed by atoms with van der Waals surface area (Å²) in [5, 5.41) is 14.1. The average Bonchev–Trinajstić information content (AvgIpc) is 2.38. The number of nitrogens with one attached hydrogen (secondary N) is 2. The van der Waals surface area contributed by atoms with Crippen LogP contribution in [0.15, 0.2) is 12.1 Å². The molecule has 0 saturated heterocycles. The minimum atomic E-state index is -1.41. The Morgan fingerprint density at radius 3 is 2.24 bits per heavy atom. The molecule has 0 bridgehead atoms. The van der Waals surface area contributed by atoms with E-state index < -0.39 is 17.5 Å². The third kappa shape index (κ3) is 4.16. The first-order valence-electron chi connectivity index (χ1n) is 5.95. The van der Waals surface area contributed by atoms with E-state index in [1.165, 1.54) is 40.2 Å². The number of amides is 2. The molecule has 0 atom stereocenters. The van der Waals surface area contributed by atoms with Gasteiger partial charge < -0.3 is 25.2 Å². The Morgan fingerprint density at radius 1 is 1.19 bits per heavy atom. The molecule has 0 saturated carbocycles. The molecular weight excluding hydrogens is 300 g/mol. The predicted octanol–water partition coefficient (Wildman–Crippen LogP) is 2.34. The third-order valence-corrected chi connectivity index (χ3v) is 2.98. The van der Waals surface area contributed by atoms with E-state index in [1.807, 2.05) is 0 Å². The van der Waals surface area contributed by atoms with Crippen LogP contribution in [0.2, 0.25) is 5.02 Å². The monoisotopic (exact) mass is 316 g/mol. The quantitative estimate of drug-likeness (QED) is 0.774. The van der Waals surface area contributed by atoms with E-state index in [1.54, 1.807) is 0 Å². The molecule has 1 aromatic rings. The van der Waals surface area contributed by atoms with Gasteiger partial charge in [-0.05, 0) is 19.9 Å². The SMILES string of the molecule is COc1cc(OC)c(NC(=O)NC(C)(C)C(=O)O)cc1Cl. The number of carbonyl (C=O) groups is 2. The van der Waals surface area contributed by atoms with Crippen LogP contribution in [-0.4, -0.2) is 36.9 Å². The Balaban J connectivity index is 2.95. The van der Waals surface area contributed by atoms with E-state index in [4.69, 9.17) is 26.2 Å². The van der Waals surface area contributed by atoms with E-state index in [0.717, 1.165) is 0 Å². The molecule has 2 amide bonds. The standard InChI is InChI=1S/C13H17ClN2O5/c1-13(2,11(17)18)16-12(19)15-8-5-7(14)9(20-3)6-10(8)21-4/h5-6H,1-4H3,(H,17,18)(H2,15,16,19). The first kappa shape index (κ1) is 16.9. The number of carboxylic acids is 1. The number of rotatable bonds is 5. The van der Waals surface area contributed by atoms with Gasteiger partial charge in [-0.25, -0.2) is 9.59 Å². The van der Waals surface area contributed by atoms with Crippen molar-refractivity contribution in [2.24, 2.45) is 0 Å². The Hall–Kier alpha value is -2.15. The van der Waals surface area contributed by atoms with Crippen molar-refractivity contribution in [1.82, 2.24) is 5.32 Å². The number of benzene rings is 1. The maximum atomic E-state index is 11.9. The number of ether oxygens (including phenoxy) is 2. The lowest BCUT2D eigenvalue weighted by molar-refractivity contribution is -0.142. The number of carboxylic acid groups (broad SMARTS) is 1. The number of hydrogen-bond acceptors (Lipinski definition) is 4. The summed E-state index contributed by atoms with van der Waals surface area (Å²) in [4.78, 5) is 22.8. The van der Waals surface area contributed by atoms with Gasteiger partial charge in [0.25, 0.3) is 0 Å². The van der Waals surface area contributed by atoms with E-state index in [9.17, 15) is 9.59 Å². The number of urea groups is 1. The fourth-order valence-corrected chi connectivity index (χ4v) is 1.69. The summed E-state index contributed by atoms with van der Waals surface area (Å²) >= 11 is 5.98. The fraction of sp³-hybridized carbons (Fsp3) is 0.385. The summed E-state index contributed by atoms with van der Waals surface area (Å²) in [6.45, 7) is 2.74. The molecule has 116 valence electrons. The van der Waals surface area contributed by atoms with Gasteiger partial charge in [0.1, 0.15) is 17.0 Å². The van der Waals surface area contributed by atoms with Gasteiger partial charge in [0.15, 0.2) is 0 Å². The maximum absolute atomic E-state index is 11.9. The van der Waals surface area contributed by atoms with Crippen LogP contribution in [0.5, 0.6) is 11.5 Å². The highest BCUT2D eigenvalue weighted by Gasteiger charge is 2.29. The van der Waals surface area contributed by atoms with Crippen molar-refractivity contribution >= 4 is 29.3 Å². The minimum absolute atomic E-state index is 0.283. The topological polar surface area (TPSA) is 96.9 Å². The van der Waals surface area contributed by atoms with Gasteiger partial charge in [-0.2, -0.15) is 0 Å². The zero-order valence-electron chi connectivity index (χ0n) is 12.1. The number of halogens is 1. The second-order valence-electron chi connectivity index (χ2n) is 4.70. The van der Waals surface area contributed by atoms with Crippen molar-refractivity contribution in [2.45, 2.75) is 19.4 Å². The molecule has 0 aromatic heterocycles. The molecule has 0 aliphatic heterocycles. The molecule has 3 N–H and O–H groups in total. The first-order valence-corrected chi connectivity index (χ1v) is 6.33. The highest BCUT2D eigenvalue weighted by molar-refractivity contribution is 6.32. The van der Waals surface area contributed by atoms with E-state index in [-0.39, 0.29) is 5.02 Å². The largest absolute Gasteiger partial charge is 0.495 e. The average molecular weight is 317 g/mol. The van der Waals surface area contributed by atoms with Crippen LogP contribution in [-0.2, 0) is 4.79 Å². The molecule has 21 heavy (non-hydrogen) atoms. The third-order valence-electron chi connectivity index (χ3n) is 2.68. The molecule has 0 fully saturated rings. The van der Waals surface area contributed by atoms with E-state index >= 15 is 0 Å². The van der Waals surface area contributed by atoms with E-state index in [0.29, 0.717) is 17.2 Å². The lowest BCUT2D eigenvalue weighted by atomic mass is 10.1. The van der Waals surface area contributed by atoms with Gasteiger partial charge in [0.05, 0.1) is 24.9 Å². The summed E-state index contributed by atoms with van der Waals surface area (Å²) in [7, 11) is 2.88. The van der Waals surface area contributed by atoms with Crippen molar-refractivity contribution < 1.29 is 24.2 Å². The normalized spacial score (nSPS) is 10.7. The molecule has 0 heterocycles. The van der Waals surface area contributed by atoms with E-state index in [2.05, 4.69) is 10.6 Å². The van der Waals surface area contributed by atoms with Gasteiger partial charge in [-0.1, -0.05) is 11.6 Å². The molecule has 0 spiro atoms. The van der Waals surface area contributed by atoms with Gasteiger partial charge in [0.2, 0.25) is 0 Å². The molecule has 0 aliphatic carbocycles. The maximum Gasteiger partial charge on any atom is 0.328 e. The van der Waals surface area contributed by atoms with Crippen LogP contribution in [0, 0.1) is 0 Å². The number of methoxy groups -OCH3 is 2. The van der Waals surface area contributed by atoms with Gasteiger partial charge in [-0.3, -0.25) is 0 Å². The molecule has 0 radical (unpaired) electrons. The molecule has 1 rings (SSSR count). The smallest absolute Gasteiger partial charge is 0.328 e. The zero-order valence-corrected chi connectivity index (χ0v) is 12.9. The number of anilines is 1. The molecule has 8 heteroatoms. The molecule has 0 aliphatic rings. The van der Waals surface area contributed by atoms with Gasteiger partial charge >= 0.3 is 12.0 Å². The van der Waals surface area contributed by atoms with Crippen LogP contribution in [0.1, 0.15) is 13.8 Å². The van der Waals surface area contributed by atoms with Crippen LogP contribution in [0.25, 0.3) is 0 Å². The van der Waals surface area contributed by atoms with Crippen LogP contribution < -0.4 is 20.1 Å². The Morgan fingerprint density at radius 2 is 1.76 bits per heavy atom. The van der Waals surface area contributed by atoms with Crippen molar-refractivity contribution in [3.05, 3.63) is 17.2 Å². The summed E-state index contributed by atoms with van der Waals surface area (Å²) in [5.74, 6) is -0.428. The molecule has 7 nitrogen and oxygen atoms in total. The Kier molecular flexibility index (Phi) is 5.26. The predicted molar refractivity (Wildman–Crippen MR) is 78.4 cm³/mol. The first-order chi connectivity index (χ1) is 9.71. The van der Waals surface area contributed by atoms with Gasteiger partial charge in [0, 0.05) is 6.07 Å². The summed E-state index contributed by atoms with van der Waals surface area (Å²) in [6.07, 6.45) is 0. The number of hydrogen-bond donors (Lipinski definition) is 3. The van der Waals surface area contributed by atoms with Crippen molar-refractivity contribution in [3.8, 4) is 11.5 Å². The van der Waals surface area contributed by atoms with Crippen molar-refractivity contribution in [2.75, 3.05) is 19.5 Å². The van der Waals surface area contributed by atoms with Crippen LogP contribution in [0.4, 0.5) is 10.5 Å². The minimum Gasteiger partial charge on any atom is -0.495 e. The summed E-state index contributed by atoms with van der Waals surface area (Å²) in [6, 6.07) is 2.27. The second-order valence-corrected chi connectivity index (χ2v) is 5.10. The molecule has 0 unspecified atom stereocenters. The van der Waals surface area contributed by atoms with Crippen molar-refractivity contribution in [1.29, 1.82) is 0 Å². The number of aliphatic carboxylic acids is 1. The lowest BCUT2D eigenvalue weighted by Crippen LogP contribution is -2.51. The van der Waals surface area contributed by atoms with Crippen LogP contribution in [0.3, 0.4) is 0 Å². The zero-order chi connectivity index (χ0) is 16.2. The Labute approximate surface area is 127 Å². The van der Waals surface area contributed by atoms with Crippen LogP contribution >= 0.6 is 11.6 Å². The second kappa shape index (κ2) is 6.53. The van der Waals surface area contributed by atoms with Gasteiger partial charge in [-0.15, -0.1) is 0 Å². The summed E-state index contributed by atoms with van der Waals surface area (Å²) < 4.78 is 10.2. The highest BCUT2D eigenvalue weighted by Crippen LogP contribution is 2.35. The molecular formula is C13H17ClN2O5. The molecule has 1 aromatic carbocycles. The highest BCUT2D eigenvalue weighted by atomic mass is 35.5. The Bertz CT molecular complexity index is 560.